The summed E-state index contributed by atoms with van der Waals surface area (Å²) < 4.78 is 0. The maximum absolute atomic E-state index is 11.8. The Labute approximate surface area is 79.5 Å². The van der Waals surface area contributed by atoms with Crippen LogP contribution in [0.1, 0.15) is 26.7 Å². The van der Waals surface area contributed by atoms with Gasteiger partial charge in [-0.3, -0.25) is 4.79 Å². The van der Waals surface area contributed by atoms with Crippen molar-refractivity contribution in [1.82, 2.24) is 10.2 Å². The molecule has 0 aromatic rings. The zero-order valence-electron chi connectivity index (χ0n) is 8.63. The van der Waals surface area contributed by atoms with Crippen LogP contribution in [-0.4, -0.2) is 36.5 Å². The molecule has 2 fully saturated rings. The molecule has 13 heavy (non-hydrogen) atoms. The molecule has 2 atom stereocenters. The molecule has 1 heterocycles. The first kappa shape index (κ1) is 9.00. The molecule has 3 heteroatoms. The fourth-order valence-corrected chi connectivity index (χ4v) is 2.25. The quantitative estimate of drug-likeness (QED) is 0.678. The number of amides is 1. The summed E-state index contributed by atoms with van der Waals surface area (Å²) >= 11 is 0. The van der Waals surface area contributed by atoms with Gasteiger partial charge in [-0.2, -0.15) is 0 Å². The van der Waals surface area contributed by atoms with Gasteiger partial charge in [-0.1, -0.05) is 13.8 Å². The zero-order chi connectivity index (χ0) is 9.64. The monoisotopic (exact) mass is 182 g/mol. The lowest BCUT2D eigenvalue weighted by Crippen LogP contribution is -2.38. The van der Waals surface area contributed by atoms with Gasteiger partial charge < -0.3 is 10.2 Å². The lowest BCUT2D eigenvalue weighted by molar-refractivity contribution is -0.130. The van der Waals surface area contributed by atoms with Gasteiger partial charge in [-0.25, -0.2) is 0 Å². The molecular formula is C10H18N2O. The second kappa shape index (κ2) is 2.71. The van der Waals surface area contributed by atoms with Crippen molar-refractivity contribution in [1.29, 1.82) is 0 Å². The van der Waals surface area contributed by atoms with Crippen LogP contribution in [0, 0.1) is 5.41 Å². The third-order valence-corrected chi connectivity index (χ3v) is 3.43. The number of rotatable bonds is 2. The summed E-state index contributed by atoms with van der Waals surface area (Å²) in [4.78, 5) is 13.8. The Kier molecular flexibility index (Phi) is 1.88. The minimum absolute atomic E-state index is 0.0800. The molecule has 1 amide bonds. The highest BCUT2D eigenvalue weighted by atomic mass is 16.2. The molecular weight excluding hydrogens is 164 g/mol. The summed E-state index contributed by atoms with van der Waals surface area (Å²) in [7, 11) is 1.87. The molecule has 1 N–H and O–H groups in total. The van der Waals surface area contributed by atoms with Gasteiger partial charge in [0.05, 0.1) is 6.04 Å². The van der Waals surface area contributed by atoms with Crippen molar-refractivity contribution in [3.8, 4) is 0 Å². The second-order valence-corrected chi connectivity index (χ2v) is 4.87. The van der Waals surface area contributed by atoms with Crippen LogP contribution in [0.25, 0.3) is 0 Å². The standard InChI is InChI=1S/C10H18N2O/c1-10(2)6-8(10)12-5-4-7(11-3)9(12)13/h7-8,11H,4-6H2,1-3H3. The Bertz CT molecular complexity index is 237. The van der Waals surface area contributed by atoms with Crippen LogP contribution in [0.15, 0.2) is 0 Å². The number of carbonyl (C=O) groups is 1. The number of nitrogens with zero attached hydrogens (tertiary/aromatic N) is 1. The molecule has 0 radical (unpaired) electrons. The molecule has 1 saturated heterocycles. The molecule has 2 aliphatic rings. The van der Waals surface area contributed by atoms with Gasteiger partial charge in [0.15, 0.2) is 0 Å². The first-order chi connectivity index (χ1) is 6.06. The van der Waals surface area contributed by atoms with E-state index in [0.29, 0.717) is 17.4 Å². The SMILES string of the molecule is CNC1CCN(C2CC2(C)C)C1=O. The van der Waals surface area contributed by atoms with Crippen LogP contribution in [0.5, 0.6) is 0 Å². The van der Waals surface area contributed by atoms with Gasteiger partial charge in [0, 0.05) is 12.6 Å². The van der Waals surface area contributed by atoms with Crippen molar-refractivity contribution in [3.05, 3.63) is 0 Å². The summed E-state index contributed by atoms with van der Waals surface area (Å²) in [6.45, 7) is 5.41. The summed E-state index contributed by atoms with van der Waals surface area (Å²) in [5, 5.41) is 3.06. The van der Waals surface area contributed by atoms with Crippen LogP contribution in [-0.2, 0) is 4.79 Å². The summed E-state index contributed by atoms with van der Waals surface area (Å²) in [5.74, 6) is 0.304. The van der Waals surface area contributed by atoms with Crippen molar-refractivity contribution >= 4 is 5.91 Å². The van der Waals surface area contributed by atoms with E-state index in [1.165, 1.54) is 6.42 Å². The van der Waals surface area contributed by atoms with E-state index < -0.39 is 0 Å². The van der Waals surface area contributed by atoms with E-state index in [2.05, 4.69) is 24.1 Å². The Morgan fingerprint density at radius 2 is 2.15 bits per heavy atom. The number of likely N-dealkylation sites (N-methyl/N-ethyl adjacent to an activating group) is 1. The molecule has 0 spiro atoms. The minimum atomic E-state index is 0.0800. The predicted molar refractivity (Wildman–Crippen MR) is 51.4 cm³/mol. The van der Waals surface area contributed by atoms with Gasteiger partial charge in [0.1, 0.15) is 0 Å². The van der Waals surface area contributed by atoms with Crippen LogP contribution in [0.4, 0.5) is 0 Å². The second-order valence-electron chi connectivity index (χ2n) is 4.87. The van der Waals surface area contributed by atoms with Crippen molar-refractivity contribution in [2.24, 2.45) is 5.41 Å². The molecule has 0 bridgehead atoms. The Hall–Kier alpha value is -0.570. The lowest BCUT2D eigenvalue weighted by atomic mass is 10.2. The van der Waals surface area contributed by atoms with Crippen LogP contribution in [0.2, 0.25) is 0 Å². The Balaban J connectivity index is 2.00. The normalized spacial score (nSPS) is 36.8. The molecule has 1 aliphatic carbocycles. The molecule has 3 nitrogen and oxygen atoms in total. The largest absolute Gasteiger partial charge is 0.338 e. The van der Waals surface area contributed by atoms with Gasteiger partial charge >= 0.3 is 0 Å². The minimum Gasteiger partial charge on any atom is -0.338 e. The number of hydrogen-bond acceptors (Lipinski definition) is 2. The average Bonchev–Trinajstić information content (AvgIpc) is 2.55. The summed E-state index contributed by atoms with van der Waals surface area (Å²) in [6.07, 6.45) is 2.15. The first-order valence-corrected chi connectivity index (χ1v) is 5.04. The molecule has 1 saturated carbocycles. The highest BCUT2D eigenvalue weighted by Gasteiger charge is 2.53. The van der Waals surface area contributed by atoms with Crippen LogP contribution < -0.4 is 5.32 Å². The maximum Gasteiger partial charge on any atom is 0.240 e. The Morgan fingerprint density at radius 3 is 2.54 bits per heavy atom. The zero-order valence-corrected chi connectivity index (χ0v) is 8.63. The molecule has 0 aromatic heterocycles. The van der Waals surface area contributed by atoms with E-state index >= 15 is 0 Å². The average molecular weight is 182 g/mol. The van der Waals surface area contributed by atoms with Crippen molar-refractivity contribution in [2.45, 2.75) is 38.8 Å². The van der Waals surface area contributed by atoms with E-state index in [-0.39, 0.29) is 6.04 Å². The predicted octanol–water partition coefficient (Wildman–Crippen LogP) is 0.605. The van der Waals surface area contributed by atoms with Crippen molar-refractivity contribution in [3.63, 3.8) is 0 Å². The van der Waals surface area contributed by atoms with E-state index in [4.69, 9.17) is 0 Å². The highest BCUT2D eigenvalue weighted by molar-refractivity contribution is 5.84. The summed E-state index contributed by atoms with van der Waals surface area (Å²) in [5.41, 5.74) is 0.373. The lowest BCUT2D eigenvalue weighted by Gasteiger charge is -2.18. The summed E-state index contributed by atoms with van der Waals surface area (Å²) in [6, 6.07) is 0.592. The van der Waals surface area contributed by atoms with Crippen molar-refractivity contribution in [2.75, 3.05) is 13.6 Å². The fourth-order valence-electron chi connectivity index (χ4n) is 2.25. The van der Waals surface area contributed by atoms with E-state index in [0.717, 1.165) is 13.0 Å². The molecule has 1 aliphatic heterocycles. The van der Waals surface area contributed by atoms with E-state index in [1.54, 1.807) is 0 Å². The highest BCUT2D eigenvalue weighted by Crippen LogP contribution is 2.49. The van der Waals surface area contributed by atoms with Gasteiger partial charge in [0.25, 0.3) is 0 Å². The van der Waals surface area contributed by atoms with Gasteiger partial charge in [-0.05, 0) is 25.3 Å². The first-order valence-electron chi connectivity index (χ1n) is 5.04. The number of nitrogens with one attached hydrogen (secondary N) is 1. The number of hydrogen-bond donors (Lipinski definition) is 1. The fraction of sp³-hybridized carbons (Fsp3) is 0.900. The van der Waals surface area contributed by atoms with Gasteiger partial charge in [-0.15, -0.1) is 0 Å². The molecule has 2 unspecified atom stereocenters. The molecule has 2 rings (SSSR count). The number of carbonyl (C=O) groups excluding carboxylic acids is 1. The number of likely N-dealkylation sites (tertiary alicyclic amines) is 1. The van der Waals surface area contributed by atoms with E-state index in [1.807, 2.05) is 7.05 Å². The smallest absolute Gasteiger partial charge is 0.240 e. The van der Waals surface area contributed by atoms with Gasteiger partial charge in [0.2, 0.25) is 5.91 Å². The Morgan fingerprint density at radius 1 is 1.54 bits per heavy atom. The van der Waals surface area contributed by atoms with E-state index in [9.17, 15) is 4.79 Å². The molecule has 0 aromatic carbocycles. The third-order valence-electron chi connectivity index (χ3n) is 3.43. The molecule has 74 valence electrons. The van der Waals surface area contributed by atoms with Crippen LogP contribution in [0.3, 0.4) is 0 Å². The maximum atomic E-state index is 11.8. The van der Waals surface area contributed by atoms with Crippen LogP contribution >= 0.6 is 0 Å². The third kappa shape index (κ3) is 1.35. The topological polar surface area (TPSA) is 32.3 Å². The van der Waals surface area contributed by atoms with Crippen molar-refractivity contribution < 1.29 is 4.79 Å².